The number of aromatic nitrogens is 1. The number of carbonyl (C=O) groups excluding carboxylic acids is 1. The van der Waals surface area contributed by atoms with E-state index in [2.05, 4.69) is 35.3 Å². The maximum Gasteiger partial charge on any atom is 0.410 e. The summed E-state index contributed by atoms with van der Waals surface area (Å²) in [7, 11) is 0. The summed E-state index contributed by atoms with van der Waals surface area (Å²) in [4.78, 5) is 19.8. The number of likely N-dealkylation sites (tertiary alicyclic amines) is 1. The third-order valence-corrected chi connectivity index (χ3v) is 6.06. The molecule has 1 aromatic heterocycles. The van der Waals surface area contributed by atoms with E-state index in [4.69, 9.17) is 9.47 Å². The molecule has 0 bridgehead atoms. The van der Waals surface area contributed by atoms with Gasteiger partial charge in [-0.2, -0.15) is 0 Å². The Morgan fingerprint density at radius 1 is 1.07 bits per heavy atom. The molecule has 1 aliphatic rings. The van der Waals surface area contributed by atoms with E-state index in [1.165, 1.54) is 9.79 Å². The molecule has 2 heterocycles. The van der Waals surface area contributed by atoms with Crippen LogP contribution in [0.25, 0.3) is 10.9 Å². The Morgan fingerprint density at radius 3 is 2.50 bits per heavy atom. The predicted molar refractivity (Wildman–Crippen MR) is 120 cm³/mol. The van der Waals surface area contributed by atoms with Crippen molar-refractivity contribution in [1.29, 1.82) is 0 Å². The second-order valence-electron chi connectivity index (χ2n) is 8.53. The number of fused-ring (bicyclic) bond motifs is 1. The number of H-pyrrole nitrogens is 1. The molecule has 0 aliphatic carbocycles. The van der Waals surface area contributed by atoms with Crippen LogP contribution >= 0.6 is 11.8 Å². The minimum atomic E-state index is -0.469. The number of para-hydroxylation sites is 1. The summed E-state index contributed by atoms with van der Waals surface area (Å²) in [5.74, 6) is 0.864. The standard InChI is InChI=1S/C24H28N2O3S/c1-24(2,3)29-23(27)26-14-12-17(13-15-26)28-20-11-7-10-19-21(16-25-22(19)20)30-18-8-5-4-6-9-18/h4-11,16-17,25H,12-15H2,1-3H3. The summed E-state index contributed by atoms with van der Waals surface area (Å²) in [6.07, 6.45) is 3.47. The van der Waals surface area contributed by atoms with Crippen LogP contribution in [0, 0.1) is 0 Å². The Kier molecular flexibility index (Phi) is 5.95. The Morgan fingerprint density at radius 2 is 1.80 bits per heavy atom. The second-order valence-corrected chi connectivity index (χ2v) is 9.65. The quantitative estimate of drug-likeness (QED) is 0.550. The maximum absolute atomic E-state index is 12.3. The smallest absolute Gasteiger partial charge is 0.410 e. The molecule has 6 heteroatoms. The molecule has 1 aliphatic heterocycles. The van der Waals surface area contributed by atoms with Crippen molar-refractivity contribution < 1.29 is 14.3 Å². The van der Waals surface area contributed by atoms with Crippen LogP contribution in [-0.2, 0) is 4.74 Å². The van der Waals surface area contributed by atoms with Crippen molar-refractivity contribution >= 4 is 28.8 Å². The van der Waals surface area contributed by atoms with Crippen molar-refractivity contribution in [3.63, 3.8) is 0 Å². The highest BCUT2D eigenvalue weighted by molar-refractivity contribution is 7.99. The first-order valence-electron chi connectivity index (χ1n) is 10.4. The fraction of sp³-hybridized carbons (Fsp3) is 0.375. The van der Waals surface area contributed by atoms with E-state index in [0.29, 0.717) is 13.1 Å². The highest BCUT2D eigenvalue weighted by Crippen LogP contribution is 2.37. The zero-order valence-electron chi connectivity index (χ0n) is 17.7. The number of ether oxygens (including phenoxy) is 2. The summed E-state index contributed by atoms with van der Waals surface area (Å²) < 4.78 is 11.8. The summed E-state index contributed by atoms with van der Waals surface area (Å²) in [6, 6.07) is 16.5. The first-order chi connectivity index (χ1) is 14.4. The van der Waals surface area contributed by atoms with Gasteiger partial charge in [-0.1, -0.05) is 42.1 Å². The van der Waals surface area contributed by atoms with Gasteiger partial charge in [0.25, 0.3) is 0 Å². The number of benzene rings is 2. The van der Waals surface area contributed by atoms with E-state index >= 15 is 0 Å². The van der Waals surface area contributed by atoms with Crippen molar-refractivity contribution in [3.05, 3.63) is 54.7 Å². The van der Waals surface area contributed by atoms with Crippen molar-refractivity contribution in [2.45, 2.75) is 55.1 Å². The van der Waals surface area contributed by atoms with E-state index in [9.17, 15) is 4.79 Å². The minimum absolute atomic E-state index is 0.0859. The Bertz CT molecular complexity index is 1000. The molecule has 2 aromatic carbocycles. The lowest BCUT2D eigenvalue weighted by Crippen LogP contribution is -2.44. The SMILES string of the molecule is CC(C)(C)OC(=O)N1CCC(Oc2cccc3c(Sc4ccccc4)c[nH]c23)CC1. The van der Waals surface area contributed by atoms with Crippen LogP contribution in [0.5, 0.6) is 5.75 Å². The lowest BCUT2D eigenvalue weighted by molar-refractivity contribution is 0.0127. The topological polar surface area (TPSA) is 54.6 Å². The molecule has 0 spiro atoms. The van der Waals surface area contributed by atoms with Gasteiger partial charge in [0.05, 0.1) is 5.52 Å². The number of piperidine rings is 1. The third-order valence-electron chi connectivity index (χ3n) is 5.00. The van der Waals surface area contributed by atoms with E-state index in [1.807, 2.05) is 45.2 Å². The Labute approximate surface area is 181 Å². The van der Waals surface area contributed by atoms with Crippen molar-refractivity contribution in [1.82, 2.24) is 9.88 Å². The third kappa shape index (κ3) is 4.93. The van der Waals surface area contributed by atoms with Crippen LogP contribution in [0.1, 0.15) is 33.6 Å². The van der Waals surface area contributed by atoms with Crippen LogP contribution in [0.3, 0.4) is 0 Å². The van der Waals surface area contributed by atoms with Gasteiger partial charge in [0.2, 0.25) is 0 Å². The number of hydrogen-bond donors (Lipinski definition) is 1. The van der Waals surface area contributed by atoms with Gasteiger partial charge in [0, 0.05) is 47.3 Å². The molecule has 30 heavy (non-hydrogen) atoms. The lowest BCUT2D eigenvalue weighted by Gasteiger charge is -2.33. The van der Waals surface area contributed by atoms with Gasteiger partial charge >= 0.3 is 6.09 Å². The molecular formula is C24H28N2O3S. The second kappa shape index (κ2) is 8.64. The number of nitrogens with one attached hydrogen (secondary N) is 1. The van der Waals surface area contributed by atoms with E-state index < -0.39 is 5.60 Å². The van der Waals surface area contributed by atoms with Gasteiger partial charge in [-0.05, 0) is 39.0 Å². The Hall–Kier alpha value is -2.60. The summed E-state index contributed by atoms with van der Waals surface area (Å²) in [6.45, 7) is 6.97. The van der Waals surface area contributed by atoms with Gasteiger partial charge < -0.3 is 19.4 Å². The van der Waals surface area contributed by atoms with E-state index in [1.54, 1.807) is 16.7 Å². The molecule has 1 amide bonds. The summed E-state index contributed by atoms with van der Waals surface area (Å²) >= 11 is 1.74. The molecular weight excluding hydrogens is 396 g/mol. The first-order valence-corrected chi connectivity index (χ1v) is 11.2. The normalized spacial score (nSPS) is 15.4. The maximum atomic E-state index is 12.3. The lowest BCUT2D eigenvalue weighted by atomic mass is 10.1. The zero-order valence-corrected chi connectivity index (χ0v) is 18.5. The molecule has 5 nitrogen and oxygen atoms in total. The number of carbonyl (C=O) groups is 1. The molecule has 0 radical (unpaired) electrons. The Balaban J connectivity index is 1.41. The molecule has 0 unspecified atom stereocenters. The molecule has 0 atom stereocenters. The number of hydrogen-bond acceptors (Lipinski definition) is 4. The highest BCUT2D eigenvalue weighted by atomic mass is 32.2. The predicted octanol–water partition coefficient (Wildman–Crippen LogP) is 6.10. The largest absolute Gasteiger partial charge is 0.488 e. The highest BCUT2D eigenvalue weighted by Gasteiger charge is 2.28. The first kappa shape index (κ1) is 20.7. The van der Waals surface area contributed by atoms with Gasteiger partial charge in [-0.15, -0.1) is 0 Å². The molecule has 1 fully saturated rings. The van der Waals surface area contributed by atoms with Crippen LogP contribution in [-0.4, -0.2) is 40.8 Å². The molecule has 1 saturated heterocycles. The molecule has 3 aromatic rings. The monoisotopic (exact) mass is 424 g/mol. The van der Waals surface area contributed by atoms with Gasteiger partial charge in [0.1, 0.15) is 17.5 Å². The number of amides is 1. The molecule has 4 rings (SSSR count). The van der Waals surface area contributed by atoms with Crippen molar-refractivity contribution in [2.24, 2.45) is 0 Å². The summed E-state index contributed by atoms with van der Waals surface area (Å²) in [5, 5.41) is 1.16. The molecule has 0 saturated carbocycles. The van der Waals surface area contributed by atoms with Crippen LogP contribution in [0.4, 0.5) is 4.79 Å². The fourth-order valence-corrected chi connectivity index (χ4v) is 4.51. The van der Waals surface area contributed by atoms with Crippen molar-refractivity contribution in [2.75, 3.05) is 13.1 Å². The molecule has 158 valence electrons. The van der Waals surface area contributed by atoms with Crippen molar-refractivity contribution in [3.8, 4) is 5.75 Å². The number of aromatic amines is 1. The number of rotatable bonds is 4. The van der Waals surface area contributed by atoms with Gasteiger partial charge in [-0.25, -0.2) is 4.79 Å². The van der Waals surface area contributed by atoms with Crippen LogP contribution < -0.4 is 4.74 Å². The molecule has 1 N–H and O–H groups in total. The van der Waals surface area contributed by atoms with Gasteiger partial charge in [0.15, 0.2) is 0 Å². The average Bonchev–Trinajstić information content (AvgIpc) is 3.12. The average molecular weight is 425 g/mol. The van der Waals surface area contributed by atoms with E-state index in [0.717, 1.165) is 29.5 Å². The zero-order chi connectivity index (χ0) is 21.1. The van der Waals surface area contributed by atoms with Crippen LogP contribution in [0.15, 0.2) is 64.5 Å². The van der Waals surface area contributed by atoms with E-state index in [-0.39, 0.29) is 12.2 Å². The fourth-order valence-electron chi connectivity index (χ4n) is 3.56. The summed E-state index contributed by atoms with van der Waals surface area (Å²) in [5.41, 5.74) is 0.550. The minimum Gasteiger partial charge on any atom is -0.488 e. The van der Waals surface area contributed by atoms with Gasteiger partial charge in [-0.3, -0.25) is 0 Å². The number of nitrogens with zero attached hydrogens (tertiary/aromatic N) is 1. The van der Waals surface area contributed by atoms with Crippen LogP contribution in [0.2, 0.25) is 0 Å².